The number of hydrogen-bond donors (Lipinski definition) is 1. The van der Waals surface area contributed by atoms with Crippen LogP contribution in [-0.2, 0) is 16.0 Å². The Morgan fingerprint density at radius 1 is 1.56 bits per heavy atom. The van der Waals surface area contributed by atoms with Gasteiger partial charge in [0.2, 0.25) is 0 Å². The highest BCUT2D eigenvalue weighted by atomic mass is 32.2. The molecule has 0 amide bonds. The zero-order valence-electron chi connectivity index (χ0n) is 8.65. The third-order valence-corrected chi connectivity index (χ3v) is 3.19. The van der Waals surface area contributed by atoms with Gasteiger partial charge >= 0.3 is 5.97 Å². The SMILES string of the molecule is CC(=O)SCC#Cc1csc(CC(=O)O)c1. The Balaban J connectivity index is 2.51. The molecule has 0 unspecified atom stereocenters. The Morgan fingerprint density at radius 3 is 2.94 bits per heavy atom. The Morgan fingerprint density at radius 2 is 2.31 bits per heavy atom. The summed E-state index contributed by atoms with van der Waals surface area (Å²) in [6.45, 7) is 1.50. The van der Waals surface area contributed by atoms with Gasteiger partial charge in [-0.05, 0) is 6.07 Å². The number of thiophene rings is 1. The lowest BCUT2D eigenvalue weighted by Gasteiger charge is -1.86. The molecule has 16 heavy (non-hydrogen) atoms. The van der Waals surface area contributed by atoms with Gasteiger partial charge in [-0.1, -0.05) is 23.6 Å². The monoisotopic (exact) mass is 254 g/mol. The maximum Gasteiger partial charge on any atom is 0.308 e. The molecule has 1 aromatic rings. The van der Waals surface area contributed by atoms with Gasteiger partial charge in [0.15, 0.2) is 5.12 Å². The van der Waals surface area contributed by atoms with Gasteiger partial charge in [-0.25, -0.2) is 0 Å². The summed E-state index contributed by atoms with van der Waals surface area (Å²) in [6, 6.07) is 1.77. The molecule has 1 N–H and O–H groups in total. The maximum atomic E-state index is 10.6. The standard InChI is InChI=1S/C11H10O3S2/c1-8(12)15-4-2-3-9-5-10(16-7-9)6-11(13)14/h5,7H,4,6H2,1H3,(H,13,14). The Kier molecular flexibility index (Phi) is 5.09. The van der Waals surface area contributed by atoms with Crippen LogP contribution in [0.1, 0.15) is 17.4 Å². The molecule has 0 aliphatic heterocycles. The molecule has 0 aliphatic carbocycles. The minimum atomic E-state index is -0.839. The summed E-state index contributed by atoms with van der Waals surface area (Å²) in [4.78, 5) is 21.8. The van der Waals surface area contributed by atoms with Crippen molar-refractivity contribution in [3.05, 3.63) is 21.9 Å². The molecule has 0 spiro atoms. The fraction of sp³-hybridized carbons (Fsp3) is 0.273. The van der Waals surface area contributed by atoms with Gasteiger partial charge < -0.3 is 5.11 Å². The van der Waals surface area contributed by atoms with Crippen molar-refractivity contribution in [2.24, 2.45) is 0 Å². The first-order chi connectivity index (χ1) is 7.58. The number of carboxylic acid groups (broad SMARTS) is 1. The fourth-order valence-electron chi connectivity index (χ4n) is 0.964. The summed E-state index contributed by atoms with van der Waals surface area (Å²) < 4.78 is 0. The normalized spacial score (nSPS) is 9.31. The smallest absolute Gasteiger partial charge is 0.308 e. The molecule has 3 nitrogen and oxygen atoms in total. The first-order valence-corrected chi connectivity index (χ1v) is 6.36. The van der Waals surface area contributed by atoms with Gasteiger partial charge in [-0.15, -0.1) is 11.3 Å². The second-order valence-corrected chi connectivity index (χ2v) is 5.10. The van der Waals surface area contributed by atoms with E-state index in [-0.39, 0.29) is 11.5 Å². The topological polar surface area (TPSA) is 54.4 Å². The summed E-state index contributed by atoms with van der Waals surface area (Å²) in [5, 5.41) is 10.5. The molecule has 0 bridgehead atoms. The highest BCUT2D eigenvalue weighted by Crippen LogP contribution is 2.14. The lowest BCUT2D eigenvalue weighted by molar-refractivity contribution is -0.136. The first-order valence-electron chi connectivity index (χ1n) is 4.49. The summed E-state index contributed by atoms with van der Waals surface area (Å²) in [5.41, 5.74) is 0.811. The lowest BCUT2D eigenvalue weighted by atomic mass is 10.3. The fourth-order valence-corrected chi connectivity index (χ4v) is 2.12. The molecule has 0 saturated heterocycles. The van der Waals surface area contributed by atoms with E-state index >= 15 is 0 Å². The van der Waals surface area contributed by atoms with Crippen LogP contribution < -0.4 is 0 Å². The number of carbonyl (C=O) groups is 2. The van der Waals surface area contributed by atoms with E-state index in [0.717, 1.165) is 22.2 Å². The number of thioether (sulfide) groups is 1. The molecule has 1 aromatic heterocycles. The molecule has 0 fully saturated rings. The van der Waals surface area contributed by atoms with Gasteiger partial charge in [-0.2, -0.15) is 0 Å². The van der Waals surface area contributed by atoms with E-state index in [0.29, 0.717) is 5.75 Å². The molecule has 1 rings (SSSR count). The van der Waals surface area contributed by atoms with Crippen molar-refractivity contribution in [1.82, 2.24) is 0 Å². The highest BCUT2D eigenvalue weighted by molar-refractivity contribution is 8.13. The van der Waals surface area contributed by atoms with Gasteiger partial charge in [0.1, 0.15) is 0 Å². The largest absolute Gasteiger partial charge is 0.481 e. The van der Waals surface area contributed by atoms with Crippen LogP contribution >= 0.6 is 23.1 Å². The van der Waals surface area contributed by atoms with Crippen LogP contribution in [-0.4, -0.2) is 21.9 Å². The van der Waals surface area contributed by atoms with Gasteiger partial charge in [0, 0.05) is 22.7 Å². The third kappa shape index (κ3) is 5.01. The number of carboxylic acids is 1. The second-order valence-electron chi connectivity index (χ2n) is 2.95. The van der Waals surface area contributed by atoms with Crippen molar-refractivity contribution < 1.29 is 14.7 Å². The molecule has 0 saturated carbocycles. The molecular formula is C11H10O3S2. The van der Waals surface area contributed by atoms with E-state index in [1.165, 1.54) is 18.3 Å². The van der Waals surface area contributed by atoms with Crippen LogP contribution in [0.3, 0.4) is 0 Å². The van der Waals surface area contributed by atoms with Crippen LogP contribution in [0.5, 0.6) is 0 Å². The number of aliphatic carboxylic acids is 1. The molecule has 5 heteroatoms. The quantitative estimate of drug-likeness (QED) is 0.838. The molecule has 0 aromatic carbocycles. The third-order valence-electron chi connectivity index (χ3n) is 1.56. The maximum absolute atomic E-state index is 10.6. The molecule has 0 atom stereocenters. The zero-order chi connectivity index (χ0) is 12.0. The van der Waals surface area contributed by atoms with E-state index in [2.05, 4.69) is 11.8 Å². The van der Waals surface area contributed by atoms with Crippen molar-refractivity contribution >= 4 is 34.2 Å². The summed E-state index contributed by atoms with van der Waals surface area (Å²) in [6.07, 6.45) is 0.0363. The van der Waals surface area contributed by atoms with Crippen molar-refractivity contribution in [3.8, 4) is 11.8 Å². The summed E-state index contributed by atoms with van der Waals surface area (Å²) in [7, 11) is 0. The number of rotatable bonds is 3. The average molecular weight is 254 g/mol. The Bertz CT molecular complexity index is 451. The van der Waals surface area contributed by atoms with E-state index in [4.69, 9.17) is 5.11 Å². The van der Waals surface area contributed by atoms with E-state index in [1.54, 1.807) is 6.07 Å². The molecule has 1 heterocycles. The van der Waals surface area contributed by atoms with Crippen LogP contribution in [0.25, 0.3) is 0 Å². The van der Waals surface area contributed by atoms with E-state index in [1.807, 2.05) is 5.38 Å². The van der Waals surface area contributed by atoms with Gasteiger partial charge in [-0.3, -0.25) is 9.59 Å². The summed E-state index contributed by atoms with van der Waals surface area (Å²) in [5.74, 6) is 5.37. The number of hydrogen-bond acceptors (Lipinski definition) is 4. The number of carbonyl (C=O) groups excluding carboxylic acids is 1. The predicted octanol–water partition coefficient (Wildman–Crippen LogP) is 2.01. The van der Waals surface area contributed by atoms with E-state index < -0.39 is 5.97 Å². The van der Waals surface area contributed by atoms with Crippen LogP contribution in [0.2, 0.25) is 0 Å². The zero-order valence-corrected chi connectivity index (χ0v) is 10.3. The molecule has 0 aliphatic rings. The highest BCUT2D eigenvalue weighted by Gasteiger charge is 2.02. The molecule has 0 radical (unpaired) electrons. The van der Waals surface area contributed by atoms with Crippen LogP contribution in [0.15, 0.2) is 11.4 Å². The van der Waals surface area contributed by atoms with Crippen molar-refractivity contribution in [2.75, 3.05) is 5.75 Å². The summed E-state index contributed by atoms with van der Waals surface area (Å²) >= 11 is 2.55. The van der Waals surface area contributed by atoms with Crippen molar-refractivity contribution in [1.29, 1.82) is 0 Å². The molecular weight excluding hydrogens is 244 g/mol. The average Bonchev–Trinajstić information content (AvgIpc) is 2.59. The van der Waals surface area contributed by atoms with Crippen molar-refractivity contribution in [3.63, 3.8) is 0 Å². The van der Waals surface area contributed by atoms with Crippen LogP contribution in [0.4, 0.5) is 0 Å². The minimum absolute atomic E-state index is 0.0363. The minimum Gasteiger partial charge on any atom is -0.481 e. The van der Waals surface area contributed by atoms with Gasteiger partial charge in [0.05, 0.1) is 12.2 Å². The first kappa shape index (κ1) is 12.8. The van der Waals surface area contributed by atoms with Crippen molar-refractivity contribution in [2.45, 2.75) is 13.3 Å². The lowest BCUT2D eigenvalue weighted by Crippen LogP contribution is -1.97. The second kappa shape index (κ2) is 6.36. The Hall–Kier alpha value is -1.25. The van der Waals surface area contributed by atoms with E-state index in [9.17, 15) is 9.59 Å². The predicted molar refractivity (Wildman–Crippen MR) is 65.7 cm³/mol. The molecule has 84 valence electrons. The Labute approximate surface area is 102 Å². The van der Waals surface area contributed by atoms with Gasteiger partial charge in [0.25, 0.3) is 0 Å². The van der Waals surface area contributed by atoms with Crippen LogP contribution in [0, 0.1) is 11.8 Å².